The number of aliphatic carboxylic acids is 1. The molecule has 1 aromatic heterocycles. The van der Waals surface area contributed by atoms with Crippen molar-refractivity contribution in [2.24, 2.45) is 0 Å². The van der Waals surface area contributed by atoms with Crippen molar-refractivity contribution in [2.75, 3.05) is 19.7 Å². The Morgan fingerprint density at radius 1 is 1.38 bits per heavy atom. The van der Waals surface area contributed by atoms with Gasteiger partial charge < -0.3 is 14.7 Å². The second kappa shape index (κ2) is 7.41. The molecule has 1 atom stereocenters. The summed E-state index contributed by atoms with van der Waals surface area (Å²) in [5.41, 5.74) is -0.826. The highest BCUT2D eigenvalue weighted by atomic mass is 32.1. The average molecular weight is 378 g/mol. The van der Waals surface area contributed by atoms with Crippen molar-refractivity contribution in [3.63, 3.8) is 0 Å². The molecule has 138 valence electrons. The number of halogens is 1. The summed E-state index contributed by atoms with van der Waals surface area (Å²) < 4.78 is 19.5. The SMILES string of the molecule is CCOc1ccc(-c2nc(CC(=O)N3CCC(F)(C(=O)O)C3)cs2)cc1. The number of carboxylic acid groups (broad SMARTS) is 1. The topological polar surface area (TPSA) is 79.7 Å². The molecule has 1 aromatic carbocycles. The van der Waals surface area contributed by atoms with Crippen LogP contribution in [0.5, 0.6) is 5.75 Å². The first-order valence-corrected chi connectivity index (χ1v) is 9.17. The lowest BCUT2D eigenvalue weighted by molar-refractivity contribution is -0.150. The van der Waals surface area contributed by atoms with Crippen LogP contribution in [0, 0.1) is 0 Å². The number of likely N-dealkylation sites (tertiary alicyclic amines) is 1. The number of rotatable bonds is 6. The highest BCUT2D eigenvalue weighted by Crippen LogP contribution is 2.28. The van der Waals surface area contributed by atoms with Gasteiger partial charge in [-0.15, -0.1) is 11.3 Å². The Kier molecular flexibility index (Phi) is 5.22. The average Bonchev–Trinajstić information content (AvgIpc) is 3.24. The maximum atomic E-state index is 14.1. The maximum Gasteiger partial charge on any atom is 0.343 e. The first kappa shape index (κ1) is 18.3. The third-order valence-corrected chi connectivity index (χ3v) is 5.19. The van der Waals surface area contributed by atoms with E-state index >= 15 is 0 Å². The number of ether oxygens (including phenoxy) is 1. The molecule has 1 unspecified atom stereocenters. The number of benzene rings is 1. The summed E-state index contributed by atoms with van der Waals surface area (Å²) in [4.78, 5) is 29.0. The monoisotopic (exact) mass is 378 g/mol. The van der Waals surface area contributed by atoms with Crippen molar-refractivity contribution in [3.8, 4) is 16.3 Å². The van der Waals surface area contributed by atoms with Crippen LogP contribution in [0.2, 0.25) is 0 Å². The number of aromatic nitrogens is 1. The molecule has 1 N–H and O–H groups in total. The number of alkyl halides is 1. The smallest absolute Gasteiger partial charge is 0.343 e. The molecule has 26 heavy (non-hydrogen) atoms. The fraction of sp³-hybridized carbons (Fsp3) is 0.389. The second-order valence-electron chi connectivity index (χ2n) is 6.11. The van der Waals surface area contributed by atoms with Crippen LogP contribution in [0.1, 0.15) is 19.0 Å². The summed E-state index contributed by atoms with van der Waals surface area (Å²) in [6.07, 6.45) is -0.147. The van der Waals surface area contributed by atoms with Gasteiger partial charge in [0.1, 0.15) is 10.8 Å². The molecule has 2 heterocycles. The minimum atomic E-state index is -2.34. The maximum absolute atomic E-state index is 14.1. The Morgan fingerprint density at radius 3 is 2.73 bits per heavy atom. The summed E-state index contributed by atoms with van der Waals surface area (Å²) in [7, 11) is 0. The Balaban J connectivity index is 1.63. The molecule has 8 heteroatoms. The van der Waals surface area contributed by atoms with Crippen molar-refractivity contribution in [1.29, 1.82) is 0 Å². The van der Waals surface area contributed by atoms with Gasteiger partial charge in [0, 0.05) is 23.9 Å². The van der Waals surface area contributed by atoms with Gasteiger partial charge in [0.25, 0.3) is 0 Å². The van der Waals surface area contributed by atoms with Crippen molar-refractivity contribution >= 4 is 23.2 Å². The molecular formula is C18H19FN2O4S. The van der Waals surface area contributed by atoms with E-state index in [1.165, 1.54) is 16.2 Å². The molecule has 1 saturated heterocycles. The van der Waals surface area contributed by atoms with Gasteiger partial charge in [-0.05, 0) is 31.2 Å². The lowest BCUT2D eigenvalue weighted by Crippen LogP contribution is -2.39. The van der Waals surface area contributed by atoms with E-state index in [0.717, 1.165) is 16.3 Å². The second-order valence-corrected chi connectivity index (χ2v) is 6.97. The molecule has 1 amide bonds. The molecule has 1 aliphatic heterocycles. The van der Waals surface area contributed by atoms with Crippen molar-refractivity contribution in [3.05, 3.63) is 35.3 Å². The van der Waals surface area contributed by atoms with E-state index in [9.17, 15) is 14.0 Å². The van der Waals surface area contributed by atoms with Gasteiger partial charge in [-0.25, -0.2) is 14.2 Å². The van der Waals surface area contributed by atoms with Gasteiger partial charge in [0.05, 0.1) is 25.3 Å². The van der Waals surface area contributed by atoms with E-state index in [1.807, 2.05) is 31.2 Å². The normalized spacial score (nSPS) is 19.5. The van der Waals surface area contributed by atoms with Crippen LogP contribution in [0.15, 0.2) is 29.6 Å². The van der Waals surface area contributed by atoms with Crippen LogP contribution >= 0.6 is 11.3 Å². The summed E-state index contributed by atoms with van der Waals surface area (Å²) in [6, 6.07) is 7.53. The predicted octanol–water partition coefficient (Wildman–Crippen LogP) is 2.78. The summed E-state index contributed by atoms with van der Waals surface area (Å²) in [5.74, 6) is -1.04. The first-order valence-electron chi connectivity index (χ1n) is 8.29. The lowest BCUT2D eigenvalue weighted by atomic mass is 10.1. The van der Waals surface area contributed by atoms with Gasteiger partial charge in [-0.2, -0.15) is 0 Å². The molecular weight excluding hydrogens is 359 g/mol. The fourth-order valence-electron chi connectivity index (χ4n) is 2.81. The first-order chi connectivity index (χ1) is 12.4. The molecule has 0 radical (unpaired) electrons. The summed E-state index contributed by atoms with van der Waals surface area (Å²) in [6.45, 7) is 2.22. The molecule has 1 aliphatic rings. The lowest BCUT2D eigenvalue weighted by Gasteiger charge is -2.17. The Morgan fingerprint density at radius 2 is 2.12 bits per heavy atom. The van der Waals surface area contributed by atoms with Crippen LogP contribution < -0.4 is 4.74 Å². The van der Waals surface area contributed by atoms with Crippen molar-refractivity contribution < 1.29 is 23.8 Å². The summed E-state index contributed by atoms with van der Waals surface area (Å²) in [5, 5.41) is 11.5. The van der Waals surface area contributed by atoms with Gasteiger partial charge in [0.2, 0.25) is 11.6 Å². The zero-order valence-corrected chi connectivity index (χ0v) is 15.1. The molecule has 6 nitrogen and oxygen atoms in total. The molecule has 0 spiro atoms. The zero-order chi connectivity index (χ0) is 18.7. The largest absolute Gasteiger partial charge is 0.494 e. The molecule has 2 aromatic rings. The third-order valence-electron chi connectivity index (χ3n) is 4.25. The predicted molar refractivity (Wildman–Crippen MR) is 95.1 cm³/mol. The number of amides is 1. The number of thiazole rings is 1. The van der Waals surface area contributed by atoms with E-state index in [-0.39, 0.29) is 25.3 Å². The molecule has 3 rings (SSSR count). The van der Waals surface area contributed by atoms with E-state index < -0.39 is 18.2 Å². The van der Waals surface area contributed by atoms with Crippen LogP contribution in [-0.4, -0.2) is 52.2 Å². The Labute approximate surface area is 154 Å². The van der Waals surface area contributed by atoms with E-state index in [0.29, 0.717) is 12.3 Å². The van der Waals surface area contributed by atoms with Crippen molar-refractivity contribution in [1.82, 2.24) is 9.88 Å². The van der Waals surface area contributed by atoms with Crippen molar-refractivity contribution in [2.45, 2.75) is 25.4 Å². The summed E-state index contributed by atoms with van der Waals surface area (Å²) >= 11 is 1.42. The minimum Gasteiger partial charge on any atom is -0.494 e. The molecule has 1 fully saturated rings. The van der Waals surface area contributed by atoms with E-state index in [2.05, 4.69) is 4.98 Å². The van der Waals surface area contributed by atoms with Crippen LogP contribution in [-0.2, 0) is 16.0 Å². The van der Waals surface area contributed by atoms with E-state index in [4.69, 9.17) is 9.84 Å². The number of carbonyl (C=O) groups is 2. The van der Waals surface area contributed by atoms with Gasteiger partial charge in [0.15, 0.2) is 0 Å². The Hall–Kier alpha value is -2.48. The number of hydrogen-bond donors (Lipinski definition) is 1. The fourth-order valence-corrected chi connectivity index (χ4v) is 3.63. The van der Waals surface area contributed by atoms with Gasteiger partial charge in [-0.3, -0.25) is 4.79 Å². The standard InChI is InChI=1S/C18H19FN2O4S/c1-2-25-14-5-3-12(4-6-14)16-20-13(10-26-16)9-15(22)21-8-7-18(19,11-21)17(23)24/h3-6,10H,2,7-9,11H2,1H3,(H,23,24). The number of carboxylic acids is 1. The zero-order valence-electron chi connectivity index (χ0n) is 14.3. The van der Waals surface area contributed by atoms with Crippen LogP contribution in [0.25, 0.3) is 10.6 Å². The third kappa shape index (κ3) is 3.85. The van der Waals surface area contributed by atoms with Crippen LogP contribution in [0.4, 0.5) is 4.39 Å². The highest BCUT2D eigenvalue weighted by Gasteiger charge is 2.46. The molecule has 0 bridgehead atoms. The van der Waals surface area contributed by atoms with Gasteiger partial charge in [-0.1, -0.05) is 0 Å². The number of carbonyl (C=O) groups excluding carboxylic acids is 1. The quantitative estimate of drug-likeness (QED) is 0.836. The van der Waals surface area contributed by atoms with Gasteiger partial charge >= 0.3 is 5.97 Å². The minimum absolute atomic E-state index is 0.0310. The molecule has 0 aliphatic carbocycles. The Bertz CT molecular complexity index is 808. The number of hydrogen-bond acceptors (Lipinski definition) is 5. The van der Waals surface area contributed by atoms with E-state index in [1.54, 1.807) is 5.38 Å². The number of nitrogens with zero attached hydrogens (tertiary/aromatic N) is 2. The van der Waals surface area contributed by atoms with Crippen LogP contribution in [0.3, 0.4) is 0 Å². The molecule has 0 saturated carbocycles. The highest BCUT2D eigenvalue weighted by molar-refractivity contribution is 7.13.